The molecule has 22 heavy (non-hydrogen) atoms. The Bertz CT molecular complexity index is 734. The summed E-state index contributed by atoms with van der Waals surface area (Å²) in [7, 11) is 1.61. The third kappa shape index (κ3) is 2.72. The number of carbonyl (C=O) groups is 1. The molecule has 1 heterocycles. The maximum atomic E-state index is 12.8. The molecule has 0 atom stereocenters. The molecule has 0 saturated heterocycles. The van der Waals surface area contributed by atoms with Crippen molar-refractivity contribution in [2.45, 2.75) is 0 Å². The summed E-state index contributed by atoms with van der Waals surface area (Å²) in [6, 6.07) is 18.5. The van der Waals surface area contributed by atoms with E-state index < -0.39 is 0 Å². The number of nitrogens with zero attached hydrogens (tertiary/aromatic N) is 1. The van der Waals surface area contributed by atoms with E-state index in [0.717, 1.165) is 17.1 Å². The molecule has 1 amide bonds. The molecule has 0 spiro atoms. The molecule has 0 bridgehead atoms. The smallest absolute Gasteiger partial charge is 0.266 e. The lowest BCUT2D eigenvalue weighted by Crippen LogP contribution is -2.25. The van der Waals surface area contributed by atoms with Gasteiger partial charge in [-0.3, -0.25) is 9.69 Å². The standard InChI is InChI=1S/C18H15NO3/c1-21-17-9-7-16(8-10-17)19(15-5-3-2-4-6-15)18(20)14-11-12-22-13-14/h2-13H,1H3. The minimum atomic E-state index is -0.148. The average molecular weight is 293 g/mol. The van der Waals surface area contributed by atoms with Crippen molar-refractivity contribution in [3.05, 3.63) is 78.8 Å². The van der Waals surface area contributed by atoms with Crippen molar-refractivity contribution in [1.82, 2.24) is 0 Å². The molecule has 110 valence electrons. The van der Waals surface area contributed by atoms with Gasteiger partial charge in [0.25, 0.3) is 5.91 Å². The van der Waals surface area contributed by atoms with Gasteiger partial charge in [-0.15, -0.1) is 0 Å². The third-order valence-electron chi connectivity index (χ3n) is 3.32. The first-order valence-electron chi connectivity index (χ1n) is 6.85. The number of furan rings is 1. The molecular formula is C18H15NO3. The van der Waals surface area contributed by atoms with Gasteiger partial charge in [0.2, 0.25) is 0 Å². The van der Waals surface area contributed by atoms with E-state index in [4.69, 9.17) is 9.15 Å². The fraction of sp³-hybridized carbons (Fsp3) is 0.0556. The molecule has 4 heteroatoms. The lowest BCUT2D eigenvalue weighted by Gasteiger charge is -2.22. The van der Waals surface area contributed by atoms with Crippen molar-refractivity contribution in [2.24, 2.45) is 0 Å². The van der Waals surface area contributed by atoms with Crippen LogP contribution in [0.1, 0.15) is 10.4 Å². The quantitative estimate of drug-likeness (QED) is 0.721. The molecule has 3 rings (SSSR count). The summed E-state index contributed by atoms with van der Waals surface area (Å²) in [5.41, 5.74) is 2.05. The van der Waals surface area contributed by atoms with Crippen LogP contribution in [0.25, 0.3) is 0 Å². The molecule has 4 nitrogen and oxygen atoms in total. The first-order chi connectivity index (χ1) is 10.8. The van der Waals surface area contributed by atoms with Crippen LogP contribution < -0.4 is 9.64 Å². The Labute approximate surface area is 128 Å². The van der Waals surface area contributed by atoms with Gasteiger partial charge >= 0.3 is 0 Å². The minimum absolute atomic E-state index is 0.148. The lowest BCUT2D eigenvalue weighted by molar-refractivity contribution is 0.0998. The zero-order chi connectivity index (χ0) is 15.4. The second-order valence-corrected chi connectivity index (χ2v) is 4.69. The largest absolute Gasteiger partial charge is 0.497 e. The number of hydrogen-bond acceptors (Lipinski definition) is 3. The van der Waals surface area contributed by atoms with E-state index in [-0.39, 0.29) is 5.91 Å². The molecule has 0 aliphatic carbocycles. The summed E-state index contributed by atoms with van der Waals surface area (Å²) in [6.07, 6.45) is 2.94. The Kier molecular flexibility index (Phi) is 3.92. The van der Waals surface area contributed by atoms with Gasteiger partial charge in [-0.25, -0.2) is 0 Å². The Hall–Kier alpha value is -3.01. The zero-order valence-corrected chi connectivity index (χ0v) is 12.1. The summed E-state index contributed by atoms with van der Waals surface area (Å²) in [5.74, 6) is 0.595. The van der Waals surface area contributed by atoms with Gasteiger partial charge in [0.15, 0.2) is 0 Å². The number of ether oxygens (including phenoxy) is 1. The van der Waals surface area contributed by atoms with E-state index in [1.165, 1.54) is 12.5 Å². The van der Waals surface area contributed by atoms with Crippen molar-refractivity contribution in [3.63, 3.8) is 0 Å². The molecule has 0 unspecified atom stereocenters. The fourth-order valence-electron chi connectivity index (χ4n) is 2.21. The molecule has 0 radical (unpaired) electrons. The first-order valence-corrected chi connectivity index (χ1v) is 6.85. The number of anilines is 2. The highest BCUT2D eigenvalue weighted by Crippen LogP contribution is 2.29. The van der Waals surface area contributed by atoms with Crippen molar-refractivity contribution < 1.29 is 13.9 Å². The predicted octanol–water partition coefficient (Wildman–Crippen LogP) is 4.27. The third-order valence-corrected chi connectivity index (χ3v) is 3.32. The SMILES string of the molecule is COc1ccc(N(C(=O)c2ccoc2)c2ccccc2)cc1. The zero-order valence-electron chi connectivity index (χ0n) is 12.1. The predicted molar refractivity (Wildman–Crippen MR) is 84.6 cm³/mol. The molecule has 0 saturated carbocycles. The summed E-state index contributed by atoms with van der Waals surface area (Å²) >= 11 is 0. The highest BCUT2D eigenvalue weighted by atomic mass is 16.5. The molecule has 0 fully saturated rings. The van der Waals surface area contributed by atoms with E-state index in [0.29, 0.717) is 5.56 Å². The Balaban J connectivity index is 2.04. The van der Waals surface area contributed by atoms with Gasteiger partial charge in [0.05, 0.1) is 18.9 Å². The van der Waals surface area contributed by atoms with Gasteiger partial charge in [-0.1, -0.05) is 18.2 Å². The normalized spacial score (nSPS) is 10.2. The van der Waals surface area contributed by atoms with Crippen LogP contribution in [0.4, 0.5) is 11.4 Å². The average Bonchev–Trinajstić information content (AvgIpc) is 3.11. The molecule has 0 aliphatic heterocycles. The molecule has 0 N–H and O–H groups in total. The van der Waals surface area contributed by atoms with Crippen molar-refractivity contribution in [3.8, 4) is 5.75 Å². The number of methoxy groups -OCH3 is 1. The molecule has 0 aliphatic rings. The van der Waals surface area contributed by atoms with Crippen molar-refractivity contribution in [2.75, 3.05) is 12.0 Å². The van der Waals surface area contributed by atoms with Crippen LogP contribution in [0, 0.1) is 0 Å². The van der Waals surface area contributed by atoms with E-state index in [9.17, 15) is 4.79 Å². The van der Waals surface area contributed by atoms with Gasteiger partial charge in [0.1, 0.15) is 12.0 Å². The maximum Gasteiger partial charge on any atom is 0.266 e. The monoisotopic (exact) mass is 293 g/mol. The number of para-hydroxylation sites is 1. The van der Waals surface area contributed by atoms with Crippen LogP contribution >= 0.6 is 0 Å². The van der Waals surface area contributed by atoms with E-state index >= 15 is 0 Å². The van der Waals surface area contributed by atoms with Crippen LogP contribution in [0.2, 0.25) is 0 Å². The fourth-order valence-corrected chi connectivity index (χ4v) is 2.21. The number of hydrogen-bond donors (Lipinski definition) is 0. The Morgan fingerprint density at radius 3 is 2.23 bits per heavy atom. The molecular weight excluding hydrogens is 278 g/mol. The van der Waals surface area contributed by atoms with Crippen molar-refractivity contribution in [1.29, 1.82) is 0 Å². The van der Waals surface area contributed by atoms with Crippen LogP contribution in [0.5, 0.6) is 5.75 Å². The summed E-state index contributed by atoms with van der Waals surface area (Å²) in [5, 5.41) is 0. The number of rotatable bonds is 4. The number of benzene rings is 2. The van der Waals surface area contributed by atoms with Crippen LogP contribution in [-0.2, 0) is 0 Å². The van der Waals surface area contributed by atoms with Gasteiger partial charge in [-0.2, -0.15) is 0 Å². The Morgan fingerprint density at radius 2 is 1.64 bits per heavy atom. The minimum Gasteiger partial charge on any atom is -0.497 e. The van der Waals surface area contributed by atoms with E-state index in [2.05, 4.69) is 0 Å². The van der Waals surface area contributed by atoms with Crippen LogP contribution in [0.15, 0.2) is 77.6 Å². The van der Waals surface area contributed by atoms with Gasteiger partial charge in [-0.05, 0) is 42.5 Å². The number of amides is 1. The summed E-state index contributed by atoms with van der Waals surface area (Å²) < 4.78 is 10.2. The second-order valence-electron chi connectivity index (χ2n) is 4.69. The van der Waals surface area contributed by atoms with E-state index in [1.807, 2.05) is 54.6 Å². The number of carbonyl (C=O) groups excluding carboxylic acids is 1. The summed E-state index contributed by atoms with van der Waals surface area (Å²) in [4.78, 5) is 14.4. The summed E-state index contributed by atoms with van der Waals surface area (Å²) in [6.45, 7) is 0. The molecule has 2 aromatic carbocycles. The van der Waals surface area contributed by atoms with Crippen LogP contribution in [0.3, 0.4) is 0 Å². The lowest BCUT2D eigenvalue weighted by atomic mass is 10.2. The van der Waals surface area contributed by atoms with Crippen molar-refractivity contribution >= 4 is 17.3 Å². The highest BCUT2D eigenvalue weighted by Gasteiger charge is 2.20. The van der Waals surface area contributed by atoms with E-state index in [1.54, 1.807) is 18.1 Å². The Morgan fingerprint density at radius 1 is 0.955 bits per heavy atom. The maximum absolute atomic E-state index is 12.8. The topological polar surface area (TPSA) is 42.7 Å². The molecule has 3 aromatic rings. The highest BCUT2D eigenvalue weighted by molar-refractivity contribution is 6.10. The van der Waals surface area contributed by atoms with Crippen LogP contribution in [-0.4, -0.2) is 13.0 Å². The second kappa shape index (κ2) is 6.18. The van der Waals surface area contributed by atoms with Gasteiger partial charge in [0, 0.05) is 11.4 Å². The van der Waals surface area contributed by atoms with Gasteiger partial charge < -0.3 is 9.15 Å². The first kappa shape index (κ1) is 13.9. The molecule has 1 aromatic heterocycles.